The molecule has 0 aliphatic carbocycles. The van der Waals surface area contributed by atoms with Crippen LogP contribution in [0, 0.1) is 9.39 Å². The standard InChI is InChI=1S/C20H13ClFIN2O2/c21-17-11-16(7-8-18(17)22)25-20(27)13-4-2-6-15(10-13)24-19(26)12-3-1-5-14(23)9-12/h1-11H,(H,24,26)(H,25,27). The SMILES string of the molecule is O=C(Nc1cccc(C(=O)Nc2ccc(F)c(Cl)c2)c1)c1cccc(I)c1. The molecule has 0 heterocycles. The Morgan fingerprint density at radius 2 is 1.41 bits per heavy atom. The Morgan fingerprint density at radius 1 is 0.815 bits per heavy atom. The van der Waals surface area contributed by atoms with Crippen LogP contribution in [0.3, 0.4) is 0 Å². The molecule has 136 valence electrons. The van der Waals surface area contributed by atoms with Crippen LogP contribution in [-0.2, 0) is 0 Å². The molecule has 2 N–H and O–H groups in total. The predicted octanol–water partition coefficient (Wildman–Crippen LogP) is 5.59. The molecule has 0 aliphatic rings. The molecule has 0 radical (unpaired) electrons. The summed E-state index contributed by atoms with van der Waals surface area (Å²) in [5.74, 6) is -1.23. The Balaban J connectivity index is 1.73. The minimum Gasteiger partial charge on any atom is -0.322 e. The molecule has 0 saturated heterocycles. The predicted molar refractivity (Wildman–Crippen MR) is 113 cm³/mol. The fourth-order valence-electron chi connectivity index (χ4n) is 2.35. The van der Waals surface area contributed by atoms with Crippen molar-refractivity contribution < 1.29 is 14.0 Å². The van der Waals surface area contributed by atoms with E-state index in [1.165, 1.54) is 18.2 Å². The summed E-state index contributed by atoms with van der Waals surface area (Å²) in [6.07, 6.45) is 0. The smallest absolute Gasteiger partial charge is 0.255 e. The van der Waals surface area contributed by atoms with Gasteiger partial charge < -0.3 is 10.6 Å². The summed E-state index contributed by atoms with van der Waals surface area (Å²) in [6.45, 7) is 0. The summed E-state index contributed by atoms with van der Waals surface area (Å²) >= 11 is 7.85. The van der Waals surface area contributed by atoms with Gasteiger partial charge in [-0.1, -0.05) is 23.7 Å². The first-order valence-corrected chi connectivity index (χ1v) is 9.31. The van der Waals surface area contributed by atoms with Gasteiger partial charge in [0.15, 0.2) is 0 Å². The van der Waals surface area contributed by atoms with Gasteiger partial charge in [0.25, 0.3) is 11.8 Å². The highest BCUT2D eigenvalue weighted by molar-refractivity contribution is 14.1. The minimum atomic E-state index is -0.560. The monoisotopic (exact) mass is 494 g/mol. The summed E-state index contributed by atoms with van der Waals surface area (Å²) in [5.41, 5.74) is 1.73. The van der Waals surface area contributed by atoms with Gasteiger partial charge in [-0.15, -0.1) is 0 Å². The van der Waals surface area contributed by atoms with E-state index < -0.39 is 11.7 Å². The number of carbonyl (C=O) groups excluding carboxylic acids is 2. The fourth-order valence-corrected chi connectivity index (χ4v) is 3.07. The van der Waals surface area contributed by atoms with Crippen LogP contribution in [0.25, 0.3) is 0 Å². The molecule has 3 aromatic rings. The van der Waals surface area contributed by atoms with Gasteiger partial charge in [0.1, 0.15) is 5.82 Å². The van der Waals surface area contributed by atoms with E-state index in [0.717, 1.165) is 3.57 Å². The van der Waals surface area contributed by atoms with Crippen LogP contribution in [0.5, 0.6) is 0 Å². The van der Waals surface area contributed by atoms with Gasteiger partial charge in [0, 0.05) is 26.1 Å². The number of amides is 2. The Hall–Kier alpha value is -2.45. The van der Waals surface area contributed by atoms with Crippen molar-refractivity contribution in [2.75, 3.05) is 10.6 Å². The van der Waals surface area contributed by atoms with Gasteiger partial charge >= 0.3 is 0 Å². The zero-order chi connectivity index (χ0) is 19.4. The molecule has 2 amide bonds. The van der Waals surface area contributed by atoms with E-state index in [1.54, 1.807) is 42.5 Å². The van der Waals surface area contributed by atoms with E-state index in [1.807, 2.05) is 6.07 Å². The lowest BCUT2D eigenvalue weighted by Gasteiger charge is -2.09. The van der Waals surface area contributed by atoms with Crippen molar-refractivity contribution in [2.45, 2.75) is 0 Å². The molecule has 3 aromatic carbocycles. The first kappa shape index (κ1) is 19.3. The molecule has 27 heavy (non-hydrogen) atoms. The van der Waals surface area contributed by atoms with Crippen LogP contribution in [0.4, 0.5) is 15.8 Å². The molecule has 4 nitrogen and oxygen atoms in total. The van der Waals surface area contributed by atoms with Gasteiger partial charge in [-0.3, -0.25) is 9.59 Å². The maximum absolute atomic E-state index is 13.2. The van der Waals surface area contributed by atoms with Gasteiger partial charge in [0.05, 0.1) is 5.02 Å². The van der Waals surface area contributed by atoms with Gasteiger partial charge in [-0.2, -0.15) is 0 Å². The number of halogens is 3. The molecule has 0 unspecified atom stereocenters. The van der Waals surface area contributed by atoms with Crippen molar-refractivity contribution in [3.63, 3.8) is 0 Å². The lowest BCUT2D eigenvalue weighted by atomic mass is 10.1. The second-order valence-corrected chi connectivity index (χ2v) is 7.28. The van der Waals surface area contributed by atoms with E-state index in [4.69, 9.17) is 11.6 Å². The molecule has 0 saturated carbocycles. The fraction of sp³-hybridized carbons (Fsp3) is 0. The Labute approximate surface area is 173 Å². The number of nitrogens with one attached hydrogen (secondary N) is 2. The van der Waals surface area contributed by atoms with Crippen LogP contribution in [0.15, 0.2) is 66.7 Å². The van der Waals surface area contributed by atoms with Crippen LogP contribution < -0.4 is 10.6 Å². The largest absolute Gasteiger partial charge is 0.322 e. The van der Waals surface area contributed by atoms with Crippen molar-refractivity contribution in [3.8, 4) is 0 Å². The maximum Gasteiger partial charge on any atom is 0.255 e. The average Bonchev–Trinajstić information content (AvgIpc) is 2.65. The number of carbonyl (C=O) groups is 2. The number of hydrogen-bond acceptors (Lipinski definition) is 2. The topological polar surface area (TPSA) is 58.2 Å². The number of rotatable bonds is 4. The van der Waals surface area contributed by atoms with Gasteiger partial charge in [-0.05, 0) is 77.2 Å². The van der Waals surface area contributed by atoms with E-state index in [9.17, 15) is 14.0 Å². The van der Waals surface area contributed by atoms with Gasteiger partial charge in [0.2, 0.25) is 0 Å². The Bertz CT molecular complexity index is 1030. The number of benzene rings is 3. The first-order chi connectivity index (χ1) is 12.9. The number of anilines is 2. The molecule has 0 aromatic heterocycles. The molecule has 0 fully saturated rings. The second kappa shape index (κ2) is 8.49. The van der Waals surface area contributed by atoms with E-state index in [0.29, 0.717) is 22.5 Å². The Kier molecular flexibility index (Phi) is 6.08. The lowest BCUT2D eigenvalue weighted by molar-refractivity contribution is 0.101. The zero-order valence-corrected chi connectivity index (χ0v) is 16.7. The molecular formula is C20H13ClFIN2O2. The van der Waals surface area contributed by atoms with Crippen LogP contribution in [-0.4, -0.2) is 11.8 Å². The molecule has 0 spiro atoms. The van der Waals surface area contributed by atoms with Crippen LogP contribution in [0.2, 0.25) is 5.02 Å². The molecule has 0 bridgehead atoms. The lowest BCUT2D eigenvalue weighted by Crippen LogP contribution is -2.14. The highest BCUT2D eigenvalue weighted by Crippen LogP contribution is 2.20. The second-order valence-electron chi connectivity index (χ2n) is 5.63. The highest BCUT2D eigenvalue weighted by atomic mass is 127. The first-order valence-electron chi connectivity index (χ1n) is 7.86. The molecule has 7 heteroatoms. The van der Waals surface area contributed by atoms with Crippen molar-refractivity contribution >= 4 is 57.4 Å². The molecule has 0 aliphatic heterocycles. The molecule has 0 atom stereocenters. The third-order valence-electron chi connectivity index (χ3n) is 3.65. The summed E-state index contributed by atoms with van der Waals surface area (Å²) in [7, 11) is 0. The summed E-state index contributed by atoms with van der Waals surface area (Å²) in [4.78, 5) is 24.7. The van der Waals surface area contributed by atoms with Crippen molar-refractivity contribution in [1.29, 1.82) is 0 Å². The average molecular weight is 495 g/mol. The van der Waals surface area contributed by atoms with Crippen LogP contribution >= 0.6 is 34.2 Å². The summed E-state index contributed by atoms with van der Waals surface area (Å²) in [6, 6.07) is 17.6. The summed E-state index contributed by atoms with van der Waals surface area (Å²) < 4.78 is 14.2. The normalized spacial score (nSPS) is 10.3. The van der Waals surface area contributed by atoms with Crippen LogP contribution in [0.1, 0.15) is 20.7 Å². The van der Waals surface area contributed by atoms with Gasteiger partial charge in [-0.25, -0.2) is 4.39 Å². The van der Waals surface area contributed by atoms with E-state index in [2.05, 4.69) is 33.2 Å². The van der Waals surface area contributed by atoms with Crippen molar-refractivity contribution in [1.82, 2.24) is 0 Å². The minimum absolute atomic E-state index is 0.0775. The third kappa shape index (κ3) is 5.05. The van der Waals surface area contributed by atoms with Crippen molar-refractivity contribution in [3.05, 3.63) is 92.3 Å². The van der Waals surface area contributed by atoms with E-state index in [-0.39, 0.29) is 10.9 Å². The molecular weight excluding hydrogens is 482 g/mol. The number of hydrogen-bond donors (Lipinski definition) is 2. The summed E-state index contributed by atoms with van der Waals surface area (Å²) in [5, 5.41) is 5.33. The highest BCUT2D eigenvalue weighted by Gasteiger charge is 2.11. The maximum atomic E-state index is 13.2. The van der Waals surface area contributed by atoms with E-state index >= 15 is 0 Å². The quantitative estimate of drug-likeness (QED) is 0.465. The third-order valence-corrected chi connectivity index (χ3v) is 4.61. The van der Waals surface area contributed by atoms with Crippen molar-refractivity contribution in [2.24, 2.45) is 0 Å². The Morgan fingerprint density at radius 3 is 2.04 bits per heavy atom. The molecule has 3 rings (SSSR count). The zero-order valence-electron chi connectivity index (χ0n) is 13.8.